The Balaban J connectivity index is 1.74. The van der Waals surface area contributed by atoms with E-state index in [0.717, 1.165) is 12.1 Å². The van der Waals surface area contributed by atoms with E-state index >= 15 is 0 Å². The quantitative estimate of drug-likeness (QED) is 0.439. The molecule has 1 N–H and O–H groups in total. The molecule has 1 atom stereocenters. The lowest BCUT2D eigenvalue weighted by Gasteiger charge is -2.29. The summed E-state index contributed by atoms with van der Waals surface area (Å²) >= 11 is 0. The number of anilines is 1. The normalized spacial score (nSPS) is 17.7. The summed E-state index contributed by atoms with van der Waals surface area (Å²) in [5.41, 5.74) is -3.62. The maximum absolute atomic E-state index is 14.3. The third-order valence-electron chi connectivity index (χ3n) is 5.36. The van der Waals surface area contributed by atoms with Gasteiger partial charge in [0.1, 0.15) is 11.5 Å². The third-order valence-corrected chi connectivity index (χ3v) is 5.36. The lowest BCUT2D eigenvalue weighted by Crippen LogP contribution is -2.51. The fourth-order valence-electron chi connectivity index (χ4n) is 3.78. The van der Waals surface area contributed by atoms with Gasteiger partial charge in [0.2, 0.25) is 0 Å². The average Bonchev–Trinajstić information content (AvgIpc) is 3.10. The van der Waals surface area contributed by atoms with Crippen LogP contribution in [-0.4, -0.2) is 32.3 Å². The van der Waals surface area contributed by atoms with Crippen molar-refractivity contribution in [1.82, 2.24) is 0 Å². The lowest BCUT2D eigenvalue weighted by molar-refractivity contribution is -0.260. The smallest absolute Gasteiger partial charge is 0.442 e. The van der Waals surface area contributed by atoms with Gasteiger partial charge in [-0.25, -0.2) is 4.79 Å². The molecule has 0 spiro atoms. The van der Waals surface area contributed by atoms with Crippen molar-refractivity contribution in [2.45, 2.75) is 11.8 Å². The predicted molar refractivity (Wildman–Crippen MR) is 115 cm³/mol. The Morgan fingerprint density at radius 2 is 1.79 bits per heavy atom. The van der Waals surface area contributed by atoms with E-state index in [4.69, 9.17) is 14.2 Å². The Labute approximate surface area is 186 Å². The van der Waals surface area contributed by atoms with E-state index < -0.39 is 29.2 Å². The van der Waals surface area contributed by atoms with Crippen LogP contribution in [0.3, 0.4) is 0 Å². The molecule has 1 amide bonds. The zero-order chi connectivity index (χ0) is 23.8. The van der Waals surface area contributed by atoms with Gasteiger partial charge in [-0.05, 0) is 29.7 Å². The van der Waals surface area contributed by atoms with Gasteiger partial charge in [0, 0.05) is 22.6 Å². The van der Waals surface area contributed by atoms with Crippen LogP contribution in [0.25, 0.3) is 16.8 Å². The summed E-state index contributed by atoms with van der Waals surface area (Å²) in [6.07, 6.45) is -3.18. The van der Waals surface area contributed by atoms with Gasteiger partial charge >= 0.3 is 17.7 Å². The van der Waals surface area contributed by atoms with Crippen LogP contribution >= 0.6 is 0 Å². The van der Waals surface area contributed by atoms with Crippen LogP contribution in [0.15, 0.2) is 60.7 Å². The Morgan fingerprint density at radius 3 is 2.48 bits per heavy atom. The minimum absolute atomic E-state index is 0.0401. The number of amides is 1. The highest BCUT2D eigenvalue weighted by atomic mass is 19.4. The third kappa shape index (κ3) is 3.65. The molecule has 0 fully saturated rings. The maximum atomic E-state index is 14.3. The second-order valence-electron chi connectivity index (χ2n) is 7.20. The van der Waals surface area contributed by atoms with Gasteiger partial charge in [0.25, 0.3) is 5.91 Å². The van der Waals surface area contributed by atoms with Crippen molar-refractivity contribution in [3.05, 3.63) is 71.8 Å². The molecule has 4 rings (SSSR count). The zero-order valence-corrected chi connectivity index (χ0v) is 17.5. The van der Waals surface area contributed by atoms with Gasteiger partial charge < -0.3 is 19.5 Å². The van der Waals surface area contributed by atoms with Crippen LogP contribution < -0.4 is 14.8 Å². The Morgan fingerprint density at radius 1 is 1.03 bits per heavy atom. The van der Waals surface area contributed by atoms with Crippen molar-refractivity contribution in [2.75, 3.05) is 19.5 Å². The van der Waals surface area contributed by atoms with Gasteiger partial charge in [0.15, 0.2) is 0 Å². The Kier molecular flexibility index (Phi) is 5.49. The van der Waals surface area contributed by atoms with Crippen LogP contribution in [0.4, 0.5) is 18.9 Å². The number of ether oxygens (including phenoxy) is 3. The Hall–Kier alpha value is -4.01. The molecule has 1 aliphatic heterocycles. The Bertz CT molecular complexity index is 1280. The number of benzene rings is 3. The van der Waals surface area contributed by atoms with Crippen molar-refractivity contribution in [1.29, 1.82) is 0 Å². The highest BCUT2D eigenvalue weighted by Gasteiger charge is 2.68. The number of esters is 1. The van der Waals surface area contributed by atoms with Crippen LogP contribution in [-0.2, 0) is 19.9 Å². The summed E-state index contributed by atoms with van der Waals surface area (Å²) in [6, 6.07) is 14.0. The van der Waals surface area contributed by atoms with Crippen molar-refractivity contribution < 1.29 is 37.0 Å². The highest BCUT2D eigenvalue weighted by molar-refractivity contribution is 6.14. The molecule has 1 aliphatic rings. The van der Waals surface area contributed by atoms with Gasteiger partial charge in [-0.1, -0.05) is 36.4 Å². The first kappa shape index (κ1) is 22.2. The fourth-order valence-corrected chi connectivity index (χ4v) is 3.78. The standard InChI is InChI=1S/C24H18F3NO5/c1-31-16-9-11-19(32-2)15(13-16)8-12-20(29)33-23(24(25,26)27)18-10-7-14-5-3-4-6-17(14)21(18)28-22(23)30/h3-13H,1-2H3,(H,28,30). The number of rotatable bonds is 5. The second-order valence-corrected chi connectivity index (χ2v) is 7.20. The first-order valence-electron chi connectivity index (χ1n) is 9.74. The minimum Gasteiger partial charge on any atom is -0.497 e. The van der Waals surface area contributed by atoms with E-state index in [9.17, 15) is 22.8 Å². The molecular formula is C24H18F3NO5. The molecule has 6 nitrogen and oxygen atoms in total. The summed E-state index contributed by atoms with van der Waals surface area (Å²) in [4.78, 5) is 25.2. The number of fused-ring (bicyclic) bond motifs is 3. The number of alkyl halides is 3. The molecule has 9 heteroatoms. The molecule has 3 aromatic carbocycles. The molecule has 170 valence electrons. The summed E-state index contributed by atoms with van der Waals surface area (Å²) in [5.74, 6) is -2.03. The molecule has 3 aromatic rings. The number of hydrogen-bond donors (Lipinski definition) is 1. The van der Waals surface area contributed by atoms with Crippen LogP contribution in [0.1, 0.15) is 11.1 Å². The molecule has 0 bridgehead atoms. The largest absolute Gasteiger partial charge is 0.497 e. The molecule has 1 unspecified atom stereocenters. The first-order valence-corrected chi connectivity index (χ1v) is 9.74. The molecule has 0 saturated heterocycles. The van der Waals surface area contributed by atoms with E-state index in [1.54, 1.807) is 36.4 Å². The minimum atomic E-state index is -5.21. The van der Waals surface area contributed by atoms with Crippen molar-refractivity contribution >= 4 is 34.4 Å². The first-order chi connectivity index (χ1) is 15.7. The summed E-state index contributed by atoms with van der Waals surface area (Å²) in [7, 11) is 2.84. The molecule has 0 aromatic heterocycles. The van der Waals surface area contributed by atoms with Crippen LogP contribution in [0.2, 0.25) is 0 Å². The monoisotopic (exact) mass is 457 g/mol. The molecule has 0 radical (unpaired) electrons. The van der Waals surface area contributed by atoms with Gasteiger partial charge in [-0.3, -0.25) is 4.79 Å². The second kappa shape index (κ2) is 8.16. The summed E-state index contributed by atoms with van der Waals surface area (Å²) < 4.78 is 58.0. The molecule has 0 aliphatic carbocycles. The van der Waals surface area contributed by atoms with E-state index in [1.807, 2.05) is 0 Å². The SMILES string of the molecule is COc1ccc(OC)c(C=CC(=O)OC2(C(F)(F)F)C(=O)Nc3c2ccc2ccccc32)c1. The number of hydrogen-bond acceptors (Lipinski definition) is 5. The average molecular weight is 457 g/mol. The number of carbonyl (C=O) groups excluding carboxylic acids is 2. The predicted octanol–water partition coefficient (Wildman–Crippen LogP) is 4.82. The number of halogens is 3. The van der Waals surface area contributed by atoms with Crippen molar-refractivity contribution in [3.63, 3.8) is 0 Å². The molecule has 33 heavy (non-hydrogen) atoms. The van der Waals surface area contributed by atoms with Gasteiger partial charge in [0.05, 0.1) is 19.9 Å². The number of nitrogens with one attached hydrogen (secondary N) is 1. The fraction of sp³-hybridized carbons (Fsp3) is 0.167. The topological polar surface area (TPSA) is 73.9 Å². The number of methoxy groups -OCH3 is 2. The van der Waals surface area contributed by atoms with Crippen LogP contribution in [0.5, 0.6) is 11.5 Å². The summed E-state index contributed by atoms with van der Waals surface area (Å²) in [6.45, 7) is 0. The van der Waals surface area contributed by atoms with E-state index in [1.165, 1.54) is 32.4 Å². The van der Waals surface area contributed by atoms with Crippen molar-refractivity contribution in [2.24, 2.45) is 0 Å². The maximum Gasteiger partial charge on any atom is 0.442 e. The van der Waals surface area contributed by atoms with Crippen molar-refractivity contribution in [3.8, 4) is 11.5 Å². The molecular weight excluding hydrogens is 439 g/mol. The molecule has 0 saturated carbocycles. The molecule has 1 heterocycles. The highest BCUT2D eigenvalue weighted by Crippen LogP contribution is 2.51. The van der Waals surface area contributed by atoms with Gasteiger partial charge in [-0.2, -0.15) is 13.2 Å². The van der Waals surface area contributed by atoms with E-state index in [0.29, 0.717) is 27.8 Å². The van der Waals surface area contributed by atoms with E-state index in [-0.39, 0.29) is 5.69 Å². The lowest BCUT2D eigenvalue weighted by atomic mass is 9.92. The summed E-state index contributed by atoms with van der Waals surface area (Å²) in [5, 5.41) is 3.29. The van der Waals surface area contributed by atoms with E-state index in [2.05, 4.69) is 5.32 Å². The zero-order valence-electron chi connectivity index (χ0n) is 17.5. The number of carbonyl (C=O) groups is 2. The van der Waals surface area contributed by atoms with Crippen LogP contribution in [0, 0.1) is 0 Å². The van der Waals surface area contributed by atoms with Gasteiger partial charge in [-0.15, -0.1) is 0 Å².